The molecule has 1 amide bonds. The van der Waals surface area contributed by atoms with Crippen molar-refractivity contribution in [3.63, 3.8) is 0 Å². The number of aryl methyl sites for hydroxylation is 1. The first-order chi connectivity index (χ1) is 10.5. The van der Waals surface area contributed by atoms with Crippen molar-refractivity contribution in [3.8, 4) is 0 Å². The first kappa shape index (κ1) is 14.2. The Bertz CT molecular complexity index is 956. The molecule has 3 heterocycles. The van der Waals surface area contributed by atoms with Crippen LogP contribution < -0.4 is 16.5 Å². The molecule has 3 aromatic heterocycles. The minimum atomic E-state index is -0.510. The maximum atomic E-state index is 12.4. The number of amides is 1. The Morgan fingerprint density at radius 3 is 3.00 bits per heavy atom. The summed E-state index contributed by atoms with van der Waals surface area (Å²) in [5.74, 6) is -0.355. The van der Waals surface area contributed by atoms with Crippen LogP contribution in [-0.2, 0) is 11.3 Å². The Kier molecular flexibility index (Phi) is 3.60. The van der Waals surface area contributed by atoms with Gasteiger partial charge in [0.25, 0.3) is 5.56 Å². The lowest BCUT2D eigenvalue weighted by molar-refractivity contribution is -0.116. The van der Waals surface area contributed by atoms with Gasteiger partial charge in [0, 0.05) is 23.8 Å². The summed E-state index contributed by atoms with van der Waals surface area (Å²) in [6.45, 7) is 1.51. The molecule has 3 rings (SSSR count). The summed E-state index contributed by atoms with van der Waals surface area (Å²) in [6.07, 6.45) is 3.00. The van der Waals surface area contributed by atoms with Crippen molar-refractivity contribution in [2.24, 2.45) is 0 Å². The topological polar surface area (TPSA) is 94.2 Å². The molecule has 0 aliphatic heterocycles. The number of carbonyl (C=O) groups is 1. The van der Waals surface area contributed by atoms with Crippen LogP contribution >= 0.6 is 11.3 Å². The monoisotopic (exact) mass is 317 g/mol. The molecule has 0 spiro atoms. The molecule has 0 bridgehead atoms. The average Bonchev–Trinajstić information content (AvgIpc) is 2.94. The standard InChI is InChI=1S/C14H11N3O4S/c1-8-6-11(19)21-9-2-4-17(13(20)12(8)9)7-10(18)16-14-15-3-5-22-14/h2-6H,7H2,1H3,(H,15,16,18). The largest absolute Gasteiger partial charge is 0.422 e. The van der Waals surface area contributed by atoms with Crippen molar-refractivity contribution in [1.82, 2.24) is 9.55 Å². The van der Waals surface area contributed by atoms with E-state index in [-0.39, 0.29) is 23.6 Å². The van der Waals surface area contributed by atoms with Crippen molar-refractivity contribution >= 4 is 33.3 Å². The number of anilines is 1. The number of nitrogens with one attached hydrogen (secondary N) is 1. The van der Waals surface area contributed by atoms with Gasteiger partial charge in [-0.3, -0.25) is 9.59 Å². The van der Waals surface area contributed by atoms with E-state index < -0.39 is 5.63 Å². The van der Waals surface area contributed by atoms with E-state index in [1.807, 2.05) is 0 Å². The van der Waals surface area contributed by atoms with Crippen LogP contribution in [0.4, 0.5) is 5.13 Å². The van der Waals surface area contributed by atoms with E-state index in [2.05, 4.69) is 10.3 Å². The van der Waals surface area contributed by atoms with Gasteiger partial charge in [-0.05, 0) is 18.6 Å². The van der Waals surface area contributed by atoms with E-state index in [1.165, 1.54) is 34.2 Å². The Labute approximate surface area is 127 Å². The number of nitrogens with zero attached hydrogens (tertiary/aromatic N) is 2. The highest BCUT2D eigenvalue weighted by Gasteiger charge is 2.11. The highest BCUT2D eigenvalue weighted by Crippen LogP contribution is 2.12. The fourth-order valence-electron chi connectivity index (χ4n) is 2.12. The van der Waals surface area contributed by atoms with E-state index in [9.17, 15) is 14.4 Å². The Hall–Kier alpha value is -2.74. The van der Waals surface area contributed by atoms with Crippen LogP contribution in [0.25, 0.3) is 11.0 Å². The van der Waals surface area contributed by atoms with Crippen LogP contribution in [0, 0.1) is 6.92 Å². The molecule has 3 aromatic rings. The van der Waals surface area contributed by atoms with Crippen molar-refractivity contribution < 1.29 is 9.21 Å². The summed E-state index contributed by atoms with van der Waals surface area (Å²) in [5.41, 5.74) is -0.158. The van der Waals surface area contributed by atoms with Crippen LogP contribution in [0.15, 0.2) is 43.9 Å². The zero-order chi connectivity index (χ0) is 15.7. The van der Waals surface area contributed by atoms with Crippen LogP contribution in [0.2, 0.25) is 0 Å². The minimum Gasteiger partial charge on any atom is -0.422 e. The predicted molar refractivity (Wildman–Crippen MR) is 82.2 cm³/mol. The van der Waals surface area contributed by atoms with E-state index in [4.69, 9.17) is 4.42 Å². The van der Waals surface area contributed by atoms with Gasteiger partial charge in [0.1, 0.15) is 12.1 Å². The summed E-state index contributed by atoms with van der Waals surface area (Å²) in [4.78, 5) is 39.6. The molecule has 22 heavy (non-hydrogen) atoms. The lowest BCUT2D eigenvalue weighted by Gasteiger charge is -2.07. The lowest BCUT2D eigenvalue weighted by atomic mass is 10.2. The molecule has 0 aromatic carbocycles. The number of carbonyl (C=O) groups excluding carboxylic acids is 1. The number of pyridine rings is 1. The van der Waals surface area contributed by atoms with Crippen molar-refractivity contribution in [2.45, 2.75) is 13.5 Å². The third kappa shape index (κ3) is 2.68. The van der Waals surface area contributed by atoms with Gasteiger partial charge in [-0.25, -0.2) is 9.78 Å². The Morgan fingerprint density at radius 2 is 2.27 bits per heavy atom. The smallest absolute Gasteiger partial charge is 0.336 e. The van der Waals surface area contributed by atoms with E-state index >= 15 is 0 Å². The fourth-order valence-corrected chi connectivity index (χ4v) is 2.66. The highest BCUT2D eigenvalue weighted by molar-refractivity contribution is 7.13. The number of thiazole rings is 1. The first-order valence-electron chi connectivity index (χ1n) is 6.38. The van der Waals surface area contributed by atoms with E-state index in [1.54, 1.807) is 18.5 Å². The van der Waals surface area contributed by atoms with Crippen LogP contribution in [0.1, 0.15) is 5.56 Å². The molecule has 0 aliphatic rings. The molecule has 7 nitrogen and oxygen atoms in total. The molecule has 0 fully saturated rings. The maximum absolute atomic E-state index is 12.4. The normalized spacial score (nSPS) is 10.8. The number of aromatic nitrogens is 2. The summed E-state index contributed by atoms with van der Waals surface area (Å²) < 4.78 is 6.25. The van der Waals surface area contributed by atoms with Crippen molar-refractivity contribution in [3.05, 3.63) is 56.2 Å². The van der Waals surface area contributed by atoms with Gasteiger partial charge in [0.15, 0.2) is 5.13 Å². The number of hydrogen-bond donors (Lipinski definition) is 1. The zero-order valence-corrected chi connectivity index (χ0v) is 12.3. The second kappa shape index (κ2) is 5.57. The Morgan fingerprint density at radius 1 is 1.45 bits per heavy atom. The minimum absolute atomic E-state index is 0.146. The molecular formula is C14H11N3O4S. The second-order valence-corrected chi connectivity index (χ2v) is 5.52. The van der Waals surface area contributed by atoms with Gasteiger partial charge in [-0.15, -0.1) is 11.3 Å². The zero-order valence-electron chi connectivity index (χ0n) is 11.5. The number of rotatable bonds is 3. The Balaban J connectivity index is 1.95. The van der Waals surface area contributed by atoms with Gasteiger partial charge in [0.05, 0.1) is 5.39 Å². The van der Waals surface area contributed by atoms with Gasteiger partial charge in [0.2, 0.25) is 5.91 Å². The molecule has 0 atom stereocenters. The van der Waals surface area contributed by atoms with Gasteiger partial charge < -0.3 is 14.3 Å². The molecule has 0 saturated heterocycles. The third-order valence-corrected chi connectivity index (χ3v) is 3.75. The molecule has 8 heteroatoms. The molecule has 0 unspecified atom stereocenters. The second-order valence-electron chi connectivity index (χ2n) is 4.62. The molecular weight excluding hydrogens is 306 g/mol. The number of fused-ring (bicyclic) bond motifs is 1. The van der Waals surface area contributed by atoms with Gasteiger partial charge in [-0.1, -0.05) is 0 Å². The average molecular weight is 317 g/mol. The first-order valence-corrected chi connectivity index (χ1v) is 7.26. The predicted octanol–water partition coefficient (Wildman–Crippen LogP) is 1.36. The van der Waals surface area contributed by atoms with Crippen molar-refractivity contribution in [2.75, 3.05) is 5.32 Å². The summed E-state index contributed by atoms with van der Waals surface area (Å²) in [7, 11) is 0. The summed E-state index contributed by atoms with van der Waals surface area (Å²) in [6, 6.07) is 2.76. The highest BCUT2D eigenvalue weighted by atomic mass is 32.1. The summed E-state index contributed by atoms with van der Waals surface area (Å²) >= 11 is 1.29. The summed E-state index contributed by atoms with van der Waals surface area (Å²) in [5, 5.41) is 5.11. The van der Waals surface area contributed by atoms with Crippen molar-refractivity contribution in [1.29, 1.82) is 0 Å². The molecule has 0 aliphatic carbocycles. The maximum Gasteiger partial charge on any atom is 0.336 e. The SMILES string of the molecule is Cc1cc(=O)oc2ccn(CC(=O)Nc3nccs3)c(=O)c12. The van der Waals surface area contributed by atoms with Crippen LogP contribution in [0.3, 0.4) is 0 Å². The molecule has 1 N–H and O–H groups in total. The van der Waals surface area contributed by atoms with Crippen LogP contribution in [-0.4, -0.2) is 15.5 Å². The molecule has 112 valence electrons. The molecule has 0 radical (unpaired) electrons. The van der Waals surface area contributed by atoms with Gasteiger partial charge in [-0.2, -0.15) is 0 Å². The van der Waals surface area contributed by atoms with Crippen LogP contribution in [0.5, 0.6) is 0 Å². The molecule has 0 saturated carbocycles. The van der Waals surface area contributed by atoms with E-state index in [0.717, 1.165) is 0 Å². The van der Waals surface area contributed by atoms with Gasteiger partial charge >= 0.3 is 5.63 Å². The number of hydrogen-bond acceptors (Lipinski definition) is 6. The quantitative estimate of drug-likeness (QED) is 0.787. The third-order valence-electron chi connectivity index (χ3n) is 3.06. The van der Waals surface area contributed by atoms with E-state index in [0.29, 0.717) is 16.1 Å². The fraction of sp³-hybridized carbons (Fsp3) is 0.143. The lowest BCUT2D eigenvalue weighted by Crippen LogP contribution is -2.27.